The number of benzene rings is 1. The Kier molecular flexibility index (Phi) is 4.01. The summed E-state index contributed by atoms with van der Waals surface area (Å²) in [5.74, 6) is 0.917. The predicted octanol–water partition coefficient (Wildman–Crippen LogP) is 3.81. The number of nitrogens with two attached hydrogens (primary N) is 1. The summed E-state index contributed by atoms with van der Waals surface area (Å²) in [6.07, 6.45) is 1.59. The van der Waals surface area contributed by atoms with Crippen molar-refractivity contribution in [2.24, 2.45) is 5.73 Å². The molecule has 1 aromatic heterocycles. The molecule has 3 nitrogen and oxygen atoms in total. The first kappa shape index (κ1) is 13.1. The number of thiocarbonyl (C=S) groups is 1. The Balaban J connectivity index is 2.37. The first-order chi connectivity index (χ1) is 8.58. The zero-order valence-corrected chi connectivity index (χ0v) is 11.4. The van der Waals surface area contributed by atoms with E-state index in [4.69, 9.17) is 45.9 Å². The maximum Gasteiger partial charge on any atom is 0.156 e. The molecule has 0 aliphatic carbocycles. The van der Waals surface area contributed by atoms with Crippen LogP contribution in [0.25, 0.3) is 0 Å². The number of pyridine rings is 1. The number of nitrogens with zero attached hydrogens (tertiary/aromatic N) is 1. The van der Waals surface area contributed by atoms with Gasteiger partial charge in [0.25, 0.3) is 0 Å². The fourth-order valence-corrected chi connectivity index (χ4v) is 1.93. The van der Waals surface area contributed by atoms with E-state index in [1.165, 1.54) is 0 Å². The average Bonchev–Trinajstić information content (AvgIpc) is 2.33. The van der Waals surface area contributed by atoms with Crippen LogP contribution in [0.5, 0.6) is 11.5 Å². The van der Waals surface area contributed by atoms with Crippen molar-refractivity contribution in [3.63, 3.8) is 0 Å². The largest absolute Gasteiger partial charge is 0.453 e. The molecule has 0 saturated heterocycles. The van der Waals surface area contributed by atoms with Crippen LogP contribution in [-0.2, 0) is 0 Å². The van der Waals surface area contributed by atoms with Gasteiger partial charge in [-0.3, -0.25) is 0 Å². The molecule has 6 heteroatoms. The van der Waals surface area contributed by atoms with Gasteiger partial charge in [0.15, 0.2) is 5.75 Å². The van der Waals surface area contributed by atoms with Gasteiger partial charge in [-0.25, -0.2) is 4.98 Å². The Morgan fingerprint density at radius 2 is 2.00 bits per heavy atom. The summed E-state index contributed by atoms with van der Waals surface area (Å²) in [7, 11) is 0. The molecule has 0 unspecified atom stereocenters. The number of halogens is 2. The lowest BCUT2D eigenvalue weighted by Crippen LogP contribution is -2.12. The molecule has 0 aliphatic rings. The monoisotopic (exact) mass is 298 g/mol. The summed E-state index contributed by atoms with van der Waals surface area (Å²) in [5, 5.41) is 0.938. The normalized spacial score (nSPS) is 10.1. The van der Waals surface area contributed by atoms with E-state index in [0.717, 1.165) is 0 Å². The Labute approximate surface area is 119 Å². The standard InChI is InChI=1S/C12H8Cl2N2OS/c13-7-3-4-9(8(14)6-7)17-10-2-1-5-16-11(10)12(15)18/h1-6H,(H2,15,18). The number of ether oxygens (including phenoxy) is 1. The molecule has 18 heavy (non-hydrogen) atoms. The van der Waals surface area contributed by atoms with Crippen LogP contribution in [0.4, 0.5) is 0 Å². The number of hydrogen-bond acceptors (Lipinski definition) is 3. The first-order valence-electron chi connectivity index (χ1n) is 4.95. The molecule has 2 rings (SSSR count). The number of aromatic nitrogens is 1. The second-order valence-corrected chi connectivity index (χ2v) is 4.67. The van der Waals surface area contributed by atoms with E-state index in [2.05, 4.69) is 4.98 Å². The molecule has 0 bridgehead atoms. The Morgan fingerprint density at radius 1 is 1.22 bits per heavy atom. The van der Waals surface area contributed by atoms with Crippen LogP contribution in [0.3, 0.4) is 0 Å². The summed E-state index contributed by atoms with van der Waals surface area (Å²) in [5.41, 5.74) is 5.98. The lowest BCUT2D eigenvalue weighted by atomic mass is 10.3. The summed E-state index contributed by atoms with van der Waals surface area (Å²) < 4.78 is 5.64. The maximum atomic E-state index is 6.02. The maximum absolute atomic E-state index is 6.02. The molecule has 1 aromatic carbocycles. The second-order valence-electron chi connectivity index (χ2n) is 3.39. The van der Waals surface area contributed by atoms with Crippen LogP contribution in [0.15, 0.2) is 36.5 Å². The van der Waals surface area contributed by atoms with Gasteiger partial charge in [0.05, 0.1) is 5.02 Å². The van der Waals surface area contributed by atoms with Crippen LogP contribution in [-0.4, -0.2) is 9.97 Å². The second kappa shape index (κ2) is 5.52. The lowest BCUT2D eigenvalue weighted by molar-refractivity contribution is 0.479. The van der Waals surface area contributed by atoms with Gasteiger partial charge in [0.2, 0.25) is 0 Å². The molecule has 2 N–H and O–H groups in total. The third-order valence-corrected chi connectivity index (χ3v) is 2.84. The molecule has 1 heterocycles. The number of rotatable bonds is 3. The fourth-order valence-electron chi connectivity index (χ4n) is 1.33. The zero-order chi connectivity index (χ0) is 13.1. The molecule has 0 amide bonds. The van der Waals surface area contributed by atoms with Crippen molar-refractivity contribution in [3.05, 3.63) is 52.3 Å². The molecule has 0 atom stereocenters. The Bertz CT molecular complexity index is 604. The van der Waals surface area contributed by atoms with Crippen molar-refractivity contribution < 1.29 is 4.74 Å². The summed E-state index contributed by atoms with van der Waals surface area (Å²) in [6, 6.07) is 8.38. The first-order valence-corrected chi connectivity index (χ1v) is 6.12. The molecule has 0 fully saturated rings. The highest BCUT2D eigenvalue weighted by molar-refractivity contribution is 7.80. The zero-order valence-electron chi connectivity index (χ0n) is 9.06. The van der Waals surface area contributed by atoms with E-state index in [1.807, 2.05) is 0 Å². The quantitative estimate of drug-likeness (QED) is 0.875. The molecule has 0 spiro atoms. The van der Waals surface area contributed by atoms with Gasteiger partial charge in [-0.1, -0.05) is 35.4 Å². The topological polar surface area (TPSA) is 48.1 Å². The highest BCUT2D eigenvalue weighted by Gasteiger charge is 2.10. The van der Waals surface area contributed by atoms with Crippen LogP contribution in [0.1, 0.15) is 5.69 Å². The van der Waals surface area contributed by atoms with Gasteiger partial charge in [-0.05, 0) is 30.3 Å². The van der Waals surface area contributed by atoms with Gasteiger partial charge >= 0.3 is 0 Å². The molecule has 0 aliphatic heterocycles. The summed E-state index contributed by atoms with van der Waals surface area (Å²) in [4.78, 5) is 4.22. The van der Waals surface area contributed by atoms with Crippen molar-refractivity contribution >= 4 is 40.4 Å². The van der Waals surface area contributed by atoms with Gasteiger partial charge in [0.1, 0.15) is 16.4 Å². The smallest absolute Gasteiger partial charge is 0.156 e. The molecule has 0 radical (unpaired) electrons. The van der Waals surface area contributed by atoms with Gasteiger partial charge in [-0.15, -0.1) is 0 Å². The van der Waals surface area contributed by atoms with Crippen LogP contribution in [0.2, 0.25) is 10.0 Å². The van der Waals surface area contributed by atoms with E-state index in [-0.39, 0.29) is 4.99 Å². The van der Waals surface area contributed by atoms with Gasteiger partial charge in [-0.2, -0.15) is 0 Å². The highest BCUT2D eigenvalue weighted by Crippen LogP contribution is 2.32. The molecule has 2 aromatic rings. The van der Waals surface area contributed by atoms with Crippen LogP contribution < -0.4 is 10.5 Å². The minimum Gasteiger partial charge on any atom is -0.453 e. The fraction of sp³-hybridized carbons (Fsp3) is 0. The van der Waals surface area contributed by atoms with E-state index in [1.54, 1.807) is 36.5 Å². The average molecular weight is 299 g/mol. The Morgan fingerprint density at radius 3 is 2.67 bits per heavy atom. The third-order valence-electron chi connectivity index (χ3n) is 2.12. The van der Waals surface area contributed by atoms with Crippen molar-refractivity contribution in [1.82, 2.24) is 4.98 Å². The van der Waals surface area contributed by atoms with E-state index < -0.39 is 0 Å². The lowest BCUT2D eigenvalue weighted by Gasteiger charge is -2.10. The summed E-state index contributed by atoms with van der Waals surface area (Å²) in [6.45, 7) is 0. The molecular formula is C12H8Cl2N2OS. The van der Waals surface area contributed by atoms with Crippen molar-refractivity contribution in [2.45, 2.75) is 0 Å². The molecule has 0 saturated carbocycles. The van der Waals surface area contributed by atoms with Crippen LogP contribution in [0, 0.1) is 0 Å². The van der Waals surface area contributed by atoms with E-state index >= 15 is 0 Å². The van der Waals surface area contributed by atoms with Crippen molar-refractivity contribution in [1.29, 1.82) is 0 Å². The number of hydrogen-bond donors (Lipinski definition) is 1. The highest BCUT2D eigenvalue weighted by atomic mass is 35.5. The predicted molar refractivity (Wildman–Crippen MR) is 76.7 cm³/mol. The van der Waals surface area contributed by atoms with E-state index in [0.29, 0.717) is 27.2 Å². The minimum atomic E-state index is 0.163. The SMILES string of the molecule is NC(=S)c1ncccc1Oc1ccc(Cl)cc1Cl. The van der Waals surface area contributed by atoms with Crippen LogP contribution >= 0.6 is 35.4 Å². The Hall–Kier alpha value is -1.36. The van der Waals surface area contributed by atoms with E-state index in [9.17, 15) is 0 Å². The molecule has 92 valence electrons. The van der Waals surface area contributed by atoms with Gasteiger partial charge < -0.3 is 10.5 Å². The summed E-state index contributed by atoms with van der Waals surface area (Å²) >= 11 is 16.7. The minimum absolute atomic E-state index is 0.163. The van der Waals surface area contributed by atoms with Gasteiger partial charge in [0, 0.05) is 11.2 Å². The third kappa shape index (κ3) is 2.90. The molecular weight excluding hydrogens is 291 g/mol. The van der Waals surface area contributed by atoms with Crippen molar-refractivity contribution in [3.8, 4) is 11.5 Å². The van der Waals surface area contributed by atoms with Crippen molar-refractivity contribution in [2.75, 3.05) is 0 Å².